The maximum atomic E-state index is 14.0. The number of piperazine rings is 1. The Morgan fingerprint density at radius 3 is 2.38 bits per heavy atom. The number of para-hydroxylation sites is 1. The molecule has 1 N–H and O–H groups in total. The number of alkyl halides is 2. The first-order valence-corrected chi connectivity index (χ1v) is 7.84. The van der Waals surface area contributed by atoms with Crippen molar-refractivity contribution in [2.24, 2.45) is 0 Å². The van der Waals surface area contributed by atoms with E-state index in [4.69, 9.17) is 0 Å². The van der Waals surface area contributed by atoms with Crippen molar-refractivity contribution in [1.82, 2.24) is 9.91 Å². The molecule has 116 valence electrons. The second-order valence-corrected chi connectivity index (χ2v) is 6.02. The van der Waals surface area contributed by atoms with Gasteiger partial charge in [0.25, 0.3) is 5.92 Å². The number of benzene rings is 1. The van der Waals surface area contributed by atoms with Crippen LogP contribution in [0, 0.1) is 0 Å². The van der Waals surface area contributed by atoms with Crippen molar-refractivity contribution < 1.29 is 8.78 Å². The van der Waals surface area contributed by atoms with Gasteiger partial charge in [-0.15, -0.1) is 0 Å². The zero-order valence-corrected chi connectivity index (χ0v) is 12.3. The number of halogens is 2. The van der Waals surface area contributed by atoms with Crippen molar-refractivity contribution in [3.63, 3.8) is 0 Å². The summed E-state index contributed by atoms with van der Waals surface area (Å²) < 4.78 is 28.1. The van der Waals surface area contributed by atoms with Gasteiger partial charge in [0.1, 0.15) is 0 Å². The second-order valence-electron chi connectivity index (χ2n) is 6.02. The number of hydrazine groups is 1. The average Bonchev–Trinajstić information content (AvgIpc) is 2.49. The van der Waals surface area contributed by atoms with Gasteiger partial charge in [0, 0.05) is 38.3 Å². The van der Waals surface area contributed by atoms with E-state index in [1.807, 2.05) is 35.2 Å². The zero-order chi connectivity index (χ0) is 14.7. The maximum absolute atomic E-state index is 14.0. The van der Waals surface area contributed by atoms with Crippen LogP contribution < -0.4 is 5.43 Å². The van der Waals surface area contributed by atoms with Crippen molar-refractivity contribution in [3.05, 3.63) is 30.3 Å². The van der Waals surface area contributed by atoms with Gasteiger partial charge in [0.05, 0.1) is 6.04 Å². The summed E-state index contributed by atoms with van der Waals surface area (Å²) in [4.78, 5) is 1.99. The topological polar surface area (TPSA) is 18.5 Å². The van der Waals surface area contributed by atoms with Gasteiger partial charge in [-0.25, -0.2) is 13.8 Å². The molecule has 21 heavy (non-hydrogen) atoms. The Bertz CT molecular complexity index is 444. The highest BCUT2D eigenvalue weighted by atomic mass is 19.3. The van der Waals surface area contributed by atoms with Crippen LogP contribution in [-0.4, -0.2) is 48.1 Å². The third kappa shape index (κ3) is 3.52. The summed E-state index contributed by atoms with van der Waals surface area (Å²) in [6, 6.07) is 9.44. The molecule has 1 saturated carbocycles. The van der Waals surface area contributed by atoms with Gasteiger partial charge in [-0.05, 0) is 25.0 Å². The molecular formula is C16H23F2N3. The largest absolute Gasteiger partial charge is 0.319 e. The van der Waals surface area contributed by atoms with Gasteiger partial charge >= 0.3 is 0 Å². The van der Waals surface area contributed by atoms with Gasteiger partial charge in [-0.2, -0.15) is 0 Å². The number of nitrogens with zero attached hydrogens (tertiary/aromatic N) is 2. The summed E-state index contributed by atoms with van der Waals surface area (Å²) in [7, 11) is 0. The van der Waals surface area contributed by atoms with E-state index < -0.39 is 12.0 Å². The van der Waals surface area contributed by atoms with Crippen LogP contribution in [0.15, 0.2) is 30.3 Å². The molecule has 2 fully saturated rings. The molecule has 0 bridgehead atoms. The van der Waals surface area contributed by atoms with Crippen LogP contribution in [0.2, 0.25) is 0 Å². The molecule has 1 aliphatic carbocycles. The molecule has 1 aliphatic heterocycles. The van der Waals surface area contributed by atoms with Crippen molar-refractivity contribution in [2.75, 3.05) is 31.6 Å². The molecule has 1 atom stereocenters. The van der Waals surface area contributed by atoms with Crippen LogP contribution in [0.1, 0.15) is 25.7 Å². The Labute approximate surface area is 124 Å². The summed E-state index contributed by atoms with van der Waals surface area (Å²) in [5.41, 5.74) is 4.39. The van der Waals surface area contributed by atoms with Crippen LogP contribution >= 0.6 is 0 Å². The summed E-state index contributed by atoms with van der Waals surface area (Å²) in [6.07, 6.45) is 2.29. The highest BCUT2D eigenvalue weighted by molar-refractivity contribution is 5.41. The lowest BCUT2D eigenvalue weighted by molar-refractivity contribution is -0.113. The Morgan fingerprint density at radius 1 is 1.00 bits per heavy atom. The lowest BCUT2D eigenvalue weighted by Gasteiger charge is -2.44. The van der Waals surface area contributed by atoms with Gasteiger partial charge in [-0.3, -0.25) is 4.90 Å². The second kappa shape index (κ2) is 6.28. The van der Waals surface area contributed by atoms with Crippen molar-refractivity contribution in [1.29, 1.82) is 0 Å². The molecule has 3 nitrogen and oxygen atoms in total. The van der Waals surface area contributed by atoms with E-state index in [1.54, 1.807) is 0 Å². The van der Waals surface area contributed by atoms with Crippen LogP contribution in [0.4, 0.5) is 14.5 Å². The smallest absolute Gasteiger partial charge is 0.263 e. The van der Waals surface area contributed by atoms with Crippen LogP contribution in [0.5, 0.6) is 0 Å². The van der Waals surface area contributed by atoms with Crippen molar-refractivity contribution >= 4 is 5.69 Å². The number of hydrogen-bond donors (Lipinski definition) is 1. The van der Waals surface area contributed by atoms with Crippen LogP contribution in [0.3, 0.4) is 0 Å². The standard InChI is InChI=1S/C16H23F2N3/c17-16(18)9-5-4-8-15(16)20-10-12-21(13-11-20)19-14-6-2-1-3-7-14/h1-3,6-7,15,19H,4-5,8-13H2. The van der Waals surface area contributed by atoms with Gasteiger partial charge in [-0.1, -0.05) is 24.6 Å². The van der Waals surface area contributed by atoms with Gasteiger partial charge < -0.3 is 5.43 Å². The lowest BCUT2D eigenvalue weighted by Crippen LogP contribution is -2.57. The lowest BCUT2D eigenvalue weighted by atomic mass is 9.90. The monoisotopic (exact) mass is 295 g/mol. The quantitative estimate of drug-likeness (QED) is 0.924. The first-order chi connectivity index (χ1) is 10.1. The molecule has 2 aliphatic rings. The molecule has 3 rings (SSSR count). The highest BCUT2D eigenvalue weighted by Crippen LogP contribution is 2.36. The normalized spacial score (nSPS) is 27.4. The molecule has 1 saturated heterocycles. The summed E-state index contributed by atoms with van der Waals surface area (Å²) >= 11 is 0. The fourth-order valence-corrected chi connectivity index (χ4v) is 3.37. The third-order valence-corrected chi connectivity index (χ3v) is 4.54. The zero-order valence-electron chi connectivity index (χ0n) is 12.3. The fraction of sp³-hybridized carbons (Fsp3) is 0.625. The van der Waals surface area contributed by atoms with E-state index in [2.05, 4.69) is 10.4 Å². The number of nitrogens with one attached hydrogen (secondary N) is 1. The summed E-state index contributed by atoms with van der Waals surface area (Å²) in [5.74, 6) is -2.51. The van der Waals surface area contributed by atoms with E-state index in [1.165, 1.54) is 0 Å². The number of anilines is 1. The van der Waals surface area contributed by atoms with Gasteiger partial charge in [0.2, 0.25) is 0 Å². The predicted octanol–water partition coefficient (Wildman–Crippen LogP) is 3.21. The summed E-state index contributed by atoms with van der Waals surface area (Å²) in [5, 5.41) is 2.12. The Morgan fingerprint density at radius 2 is 1.71 bits per heavy atom. The molecule has 0 spiro atoms. The Hall–Kier alpha value is -1.20. The Balaban J connectivity index is 1.53. The van der Waals surface area contributed by atoms with Crippen LogP contribution in [-0.2, 0) is 0 Å². The highest BCUT2D eigenvalue weighted by Gasteiger charge is 2.45. The van der Waals surface area contributed by atoms with Gasteiger partial charge in [0.15, 0.2) is 0 Å². The minimum atomic E-state index is -2.51. The predicted molar refractivity (Wildman–Crippen MR) is 80.4 cm³/mol. The SMILES string of the molecule is FC1(F)CCCCC1N1CCN(Nc2ccccc2)CC1. The van der Waals surface area contributed by atoms with E-state index in [0.717, 1.165) is 25.2 Å². The van der Waals surface area contributed by atoms with Crippen molar-refractivity contribution in [2.45, 2.75) is 37.6 Å². The molecule has 5 heteroatoms. The maximum Gasteiger partial charge on any atom is 0.263 e. The average molecular weight is 295 g/mol. The molecule has 0 amide bonds. The van der Waals surface area contributed by atoms with E-state index in [9.17, 15) is 8.78 Å². The van der Waals surface area contributed by atoms with E-state index in [-0.39, 0.29) is 6.42 Å². The molecule has 1 aromatic rings. The molecule has 0 aromatic heterocycles. The van der Waals surface area contributed by atoms with Crippen LogP contribution in [0.25, 0.3) is 0 Å². The van der Waals surface area contributed by atoms with E-state index in [0.29, 0.717) is 25.9 Å². The third-order valence-electron chi connectivity index (χ3n) is 4.54. The van der Waals surface area contributed by atoms with Crippen molar-refractivity contribution in [3.8, 4) is 0 Å². The first-order valence-electron chi connectivity index (χ1n) is 7.84. The number of hydrogen-bond acceptors (Lipinski definition) is 3. The number of rotatable bonds is 3. The summed E-state index contributed by atoms with van der Waals surface area (Å²) in [6.45, 7) is 2.98. The fourth-order valence-electron chi connectivity index (χ4n) is 3.37. The molecular weight excluding hydrogens is 272 g/mol. The molecule has 0 radical (unpaired) electrons. The Kier molecular flexibility index (Phi) is 4.40. The minimum Gasteiger partial charge on any atom is -0.319 e. The first kappa shape index (κ1) is 14.7. The molecule has 1 heterocycles. The van der Waals surface area contributed by atoms with E-state index >= 15 is 0 Å². The molecule has 1 unspecified atom stereocenters. The minimum absolute atomic E-state index is 0.0557. The molecule has 1 aromatic carbocycles.